The second kappa shape index (κ2) is 5.25. The zero-order valence-corrected chi connectivity index (χ0v) is 13.3. The fourth-order valence-electron chi connectivity index (χ4n) is 4.16. The molecule has 0 bridgehead atoms. The average molecular weight is 310 g/mol. The van der Waals surface area contributed by atoms with Gasteiger partial charge in [-0.15, -0.1) is 0 Å². The minimum absolute atomic E-state index is 0.236. The molecule has 2 aliphatic rings. The Labute approximate surface area is 143 Å². The van der Waals surface area contributed by atoms with Crippen molar-refractivity contribution in [3.05, 3.63) is 102 Å². The van der Waals surface area contributed by atoms with E-state index >= 15 is 0 Å². The van der Waals surface area contributed by atoms with Crippen molar-refractivity contribution < 1.29 is 4.65 Å². The Morgan fingerprint density at radius 1 is 0.792 bits per heavy atom. The van der Waals surface area contributed by atoms with Gasteiger partial charge in [0.1, 0.15) is 5.60 Å². The van der Waals surface area contributed by atoms with Gasteiger partial charge in [-0.1, -0.05) is 78.9 Å². The third-order valence-corrected chi connectivity index (χ3v) is 5.25. The Hall–Kier alpha value is -2.52. The van der Waals surface area contributed by atoms with Crippen molar-refractivity contribution in [1.82, 2.24) is 0 Å². The summed E-state index contributed by atoms with van der Waals surface area (Å²) in [5.74, 6) is 0. The van der Waals surface area contributed by atoms with Crippen LogP contribution in [0.25, 0.3) is 0 Å². The summed E-state index contributed by atoms with van der Waals surface area (Å²) in [6.07, 6.45) is 0.983. The Morgan fingerprint density at radius 3 is 2.04 bits per heavy atom. The highest BCUT2D eigenvalue weighted by molar-refractivity contribution is 6.36. The second-order valence-corrected chi connectivity index (χ2v) is 6.45. The fourth-order valence-corrected chi connectivity index (χ4v) is 4.16. The van der Waals surface area contributed by atoms with E-state index in [0.29, 0.717) is 0 Å². The molecule has 0 amide bonds. The van der Waals surface area contributed by atoms with Crippen molar-refractivity contribution in [3.8, 4) is 0 Å². The van der Waals surface area contributed by atoms with Crippen LogP contribution in [0.5, 0.6) is 0 Å². The summed E-state index contributed by atoms with van der Waals surface area (Å²) in [4.78, 5) is 2.30. The van der Waals surface area contributed by atoms with E-state index in [0.717, 1.165) is 6.42 Å². The van der Waals surface area contributed by atoms with Crippen LogP contribution in [-0.2, 0) is 16.7 Å². The van der Waals surface area contributed by atoms with Crippen LogP contribution in [0.2, 0.25) is 0 Å². The van der Waals surface area contributed by atoms with E-state index in [1.807, 2.05) is 7.62 Å². The van der Waals surface area contributed by atoms with E-state index in [4.69, 9.17) is 4.65 Å². The van der Waals surface area contributed by atoms with Crippen LogP contribution in [0.15, 0.2) is 84.9 Å². The minimum Gasteiger partial charge on any atom is -0.403 e. The first-order chi connectivity index (χ1) is 11.9. The molecule has 1 fully saturated rings. The maximum absolute atomic E-state index is 6.44. The van der Waals surface area contributed by atoms with Crippen LogP contribution in [0.1, 0.15) is 16.7 Å². The van der Waals surface area contributed by atoms with Gasteiger partial charge in [0.15, 0.2) is 0 Å². The van der Waals surface area contributed by atoms with Gasteiger partial charge in [-0.3, -0.25) is 0 Å². The molecule has 0 aromatic heterocycles. The van der Waals surface area contributed by atoms with Crippen LogP contribution in [0.4, 0.5) is 5.69 Å². The molecule has 0 spiro atoms. The van der Waals surface area contributed by atoms with E-state index in [9.17, 15) is 0 Å². The highest BCUT2D eigenvalue weighted by Gasteiger charge is 2.54. The van der Waals surface area contributed by atoms with Gasteiger partial charge in [-0.05, 0) is 29.2 Å². The van der Waals surface area contributed by atoms with Crippen molar-refractivity contribution in [3.63, 3.8) is 0 Å². The third kappa shape index (κ3) is 1.82. The smallest absolute Gasteiger partial charge is 0.403 e. The molecule has 115 valence electrons. The van der Waals surface area contributed by atoms with Gasteiger partial charge in [0, 0.05) is 5.69 Å². The number of hydrogen-bond donors (Lipinski definition) is 0. The molecule has 2 heterocycles. The highest BCUT2D eigenvalue weighted by atomic mass is 16.5. The number of anilines is 1. The first kappa shape index (κ1) is 13.9. The summed E-state index contributed by atoms with van der Waals surface area (Å²) in [6.45, 7) is 0. The Morgan fingerprint density at radius 2 is 1.38 bits per heavy atom. The molecule has 1 atom stereocenters. The second-order valence-electron chi connectivity index (χ2n) is 6.45. The Bertz CT molecular complexity index is 826. The number of para-hydroxylation sites is 1. The standard InChI is InChI=1S/C21H17BNO/c1-3-10-17(11-4-1)21(18-12-5-2-6-13-18)20-15-16-9-7-8-14-19(16)23(20)22-24-21/h1-14,20H,15H2/t20-/m0/s1. The summed E-state index contributed by atoms with van der Waals surface area (Å²) >= 11 is 0. The van der Waals surface area contributed by atoms with E-state index in [2.05, 4.69) is 89.7 Å². The van der Waals surface area contributed by atoms with Gasteiger partial charge in [0.05, 0.1) is 6.04 Å². The lowest BCUT2D eigenvalue weighted by Crippen LogP contribution is -2.42. The molecule has 0 unspecified atom stereocenters. The summed E-state index contributed by atoms with van der Waals surface area (Å²) in [7, 11) is 1.91. The van der Waals surface area contributed by atoms with Crippen molar-refractivity contribution in [1.29, 1.82) is 0 Å². The van der Waals surface area contributed by atoms with Gasteiger partial charge in [0.25, 0.3) is 0 Å². The topological polar surface area (TPSA) is 12.5 Å². The van der Waals surface area contributed by atoms with Crippen molar-refractivity contribution >= 4 is 13.3 Å². The van der Waals surface area contributed by atoms with E-state index in [1.165, 1.54) is 22.4 Å². The summed E-state index contributed by atoms with van der Waals surface area (Å²) in [5, 5.41) is 0. The van der Waals surface area contributed by atoms with Gasteiger partial charge >= 0.3 is 7.62 Å². The Kier molecular flexibility index (Phi) is 3.04. The van der Waals surface area contributed by atoms with Crippen LogP contribution in [0.3, 0.4) is 0 Å². The number of rotatable bonds is 2. The molecule has 3 heteroatoms. The number of benzene rings is 3. The lowest BCUT2D eigenvalue weighted by atomic mass is 9.79. The van der Waals surface area contributed by atoms with Crippen LogP contribution >= 0.6 is 0 Å². The predicted molar refractivity (Wildman–Crippen MR) is 96.9 cm³/mol. The molecule has 2 nitrogen and oxygen atoms in total. The summed E-state index contributed by atoms with van der Waals surface area (Å²) < 4.78 is 6.44. The fraction of sp³-hybridized carbons (Fsp3) is 0.143. The van der Waals surface area contributed by atoms with Crippen molar-refractivity contribution in [2.45, 2.75) is 18.1 Å². The zero-order chi connectivity index (χ0) is 16.0. The van der Waals surface area contributed by atoms with Gasteiger partial charge in [-0.25, -0.2) is 0 Å². The molecule has 3 aromatic rings. The molecule has 0 N–H and O–H groups in total. The van der Waals surface area contributed by atoms with Crippen LogP contribution in [0, 0.1) is 0 Å². The third-order valence-electron chi connectivity index (χ3n) is 5.25. The van der Waals surface area contributed by atoms with E-state index < -0.39 is 5.60 Å². The minimum atomic E-state index is -0.471. The molecule has 2 aliphatic heterocycles. The zero-order valence-electron chi connectivity index (χ0n) is 13.3. The molecule has 1 saturated heterocycles. The van der Waals surface area contributed by atoms with Gasteiger partial charge in [-0.2, -0.15) is 0 Å². The predicted octanol–water partition coefficient (Wildman–Crippen LogP) is 3.93. The number of fused-ring (bicyclic) bond motifs is 3. The summed E-state index contributed by atoms with van der Waals surface area (Å²) in [6, 6.07) is 30.0. The first-order valence-electron chi connectivity index (χ1n) is 8.38. The monoisotopic (exact) mass is 310 g/mol. The average Bonchev–Trinajstić information content (AvgIpc) is 3.21. The Balaban J connectivity index is 1.70. The number of nitrogens with zero attached hydrogens (tertiary/aromatic N) is 1. The van der Waals surface area contributed by atoms with Gasteiger partial charge < -0.3 is 9.47 Å². The largest absolute Gasteiger partial charge is 0.440 e. The molecule has 0 aliphatic carbocycles. The van der Waals surface area contributed by atoms with Crippen molar-refractivity contribution in [2.75, 3.05) is 4.81 Å². The highest BCUT2D eigenvalue weighted by Crippen LogP contribution is 2.49. The van der Waals surface area contributed by atoms with Crippen molar-refractivity contribution in [2.24, 2.45) is 0 Å². The normalized spacial score (nSPS) is 20.3. The molecular weight excluding hydrogens is 293 g/mol. The maximum Gasteiger partial charge on any atom is 0.440 e. The molecule has 3 aromatic carbocycles. The first-order valence-corrected chi connectivity index (χ1v) is 8.38. The number of hydrogen-bond acceptors (Lipinski definition) is 2. The molecular formula is C21H17BNO. The van der Waals surface area contributed by atoms with Crippen LogP contribution in [-0.4, -0.2) is 13.7 Å². The maximum atomic E-state index is 6.44. The van der Waals surface area contributed by atoms with E-state index in [-0.39, 0.29) is 6.04 Å². The summed E-state index contributed by atoms with van der Waals surface area (Å²) in [5.41, 5.74) is 4.58. The lowest BCUT2D eigenvalue weighted by molar-refractivity contribution is 0.123. The van der Waals surface area contributed by atoms with Gasteiger partial charge in [0.2, 0.25) is 0 Å². The molecule has 5 rings (SSSR count). The molecule has 0 saturated carbocycles. The van der Waals surface area contributed by atoms with E-state index in [1.54, 1.807) is 0 Å². The van der Waals surface area contributed by atoms with Crippen LogP contribution < -0.4 is 4.81 Å². The lowest BCUT2D eigenvalue weighted by Gasteiger charge is -2.36. The molecule has 1 radical (unpaired) electrons. The molecule has 24 heavy (non-hydrogen) atoms. The quantitative estimate of drug-likeness (QED) is 0.665. The SMILES string of the molecule is [B]1OC(c2ccccc2)(c2ccccc2)[C@@H]2Cc3ccccc3N12.